The van der Waals surface area contributed by atoms with Crippen molar-refractivity contribution >= 4 is 21.8 Å². The number of hydrogen-bond donors (Lipinski definition) is 1. The lowest BCUT2D eigenvalue weighted by atomic mass is 10.0. The standard InChI is InChI=1S/C27H33N5O6S/c28-39(35,36)22-5-6-23(29-10-22)27(34)32-13-20-11-31(12-21(20)14-32)26(33)19-8-24(18-3-4-18)30-25(9-19)38-16-17-2-1-7-37-15-17/h5-6,8-10,17-18,20-21H,1-4,7,11-16H2,(H2,28,35,36)/t17?,20-,21-/m0/s1. The molecule has 0 aromatic carbocycles. The Hall–Kier alpha value is -3.09. The first-order chi connectivity index (χ1) is 18.7. The Morgan fingerprint density at radius 1 is 1.03 bits per heavy atom. The molecule has 39 heavy (non-hydrogen) atoms. The van der Waals surface area contributed by atoms with E-state index in [1.165, 1.54) is 12.1 Å². The topological polar surface area (TPSA) is 145 Å². The number of amides is 2. The Kier molecular flexibility index (Phi) is 7.02. The maximum atomic E-state index is 13.6. The molecule has 2 amide bonds. The Labute approximate surface area is 227 Å². The number of rotatable bonds is 7. The van der Waals surface area contributed by atoms with Crippen LogP contribution in [0.25, 0.3) is 0 Å². The second-order valence-corrected chi connectivity index (χ2v) is 12.7. The minimum Gasteiger partial charge on any atom is -0.477 e. The van der Waals surface area contributed by atoms with Crippen molar-refractivity contribution < 1.29 is 27.5 Å². The number of likely N-dealkylation sites (tertiary alicyclic amines) is 2. The molecule has 2 aromatic rings. The molecule has 1 aliphatic carbocycles. The van der Waals surface area contributed by atoms with Crippen LogP contribution < -0.4 is 9.88 Å². The molecule has 5 heterocycles. The number of pyridine rings is 2. The van der Waals surface area contributed by atoms with Gasteiger partial charge in [0, 0.05) is 80.0 Å². The number of primary sulfonamides is 1. The van der Waals surface area contributed by atoms with Crippen LogP contribution in [0.15, 0.2) is 35.4 Å². The maximum absolute atomic E-state index is 13.6. The molecule has 6 rings (SSSR count). The third-order valence-corrected chi connectivity index (χ3v) is 9.03. The molecule has 1 saturated carbocycles. The largest absolute Gasteiger partial charge is 0.477 e. The van der Waals surface area contributed by atoms with Gasteiger partial charge in [-0.2, -0.15) is 0 Å². The van der Waals surface area contributed by atoms with E-state index in [9.17, 15) is 18.0 Å². The van der Waals surface area contributed by atoms with Crippen molar-refractivity contribution in [2.45, 2.75) is 36.5 Å². The van der Waals surface area contributed by atoms with E-state index in [-0.39, 0.29) is 34.2 Å². The van der Waals surface area contributed by atoms with Crippen LogP contribution in [0.5, 0.6) is 5.88 Å². The lowest BCUT2D eigenvalue weighted by Gasteiger charge is -2.23. The van der Waals surface area contributed by atoms with E-state index in [0.29, 0.717) is 62.7 Å². The molecule has 4 aliphatic rings. The van der Waals surface area contributed by atoms with Crippen molar-refractivity contribution in [3.05, 3.63) is 47.4 Å². The number of carbonyl (C=O) groups excluding carboxylic acids is 2. The summed E-state index contributed by atoms with van der Waals surface area (Å²) in [7, 11) is -3.87. The lowest BCUT2D eigenvalue weighted by molar-refractivity contribution is 0.0343. The molecule has 12 heteroatoms. The van der Waals surface area contributed by atoms with Crippen molar-refractivity contribution in [2.75, 3.05) is 46.0 Å². The minimum atomic E-state index is -3.87. The molecule has 0 radical (unpaired) electrons. The third kappa shape index (κ3) is 5.78. The van der Waals surface area contributed by atoms with Gasteiger partial charge in [-0.3, -0.25) is 9.59 Å². The highest BCUT2D eigenvalue weighted by atomic mass is 32.2. The number of carbonyl (C=O) groups is 2. The first-order valence-electron chi connectivity index (χ1n) is 13.5. The molecule has 3 saturated heterocycles. The van der Waals surface area contributed by atoms with Crippen LogP contribution in [-0.2, 0) is 14.8 Å². The fraction of sp³-hybridized carbons (Fsp3) is 0.556. The Bertz CT molecular complexity index is 1340. The first kappa shape index (κ1) is 26.1. The van der Waals surface area contributed by atoms with Gasteiger partial charge in [-0.1, -0.05) is 0 Å². The summed E-state index contributed by atoms with van der Waals surface area (Å²) in [6, 6.07) is 6.35. The van der Waals surface area contributed by atoms with Gasteiger partial charge in [0.25, 0.3) is 11.8 Å². The zero-order valence-electron chi connectivity index (χ0n) is 21.7. The van der Waals surface area contributed by atoms with Gasteiger partial charge < -0.3 is 19.3 Å². The fourth-order valence-electron chi connectivity index (χ4n) is 5.80. The van der Waals surface area contributed by atoms with Crippen molar-refractivity contribution in [1.29, 1.82) is 0 Å². The maximum Gasteiger partial charge on any atom is 0.272 e. The smallest absolute Gasteiger partial charge is 0.272 e. The highest BCUT2D eigenvalue weighted by Gasteiger charge is 2.43. The molecule has 4 fully saturated rings. The third-order valence-electron chi connectivity index (χ3n) is 8.13. The average molecular weight is 556 g/mol. The van der Waals surface area contributed by atoms with Gasteiger partial charge in [-0.15, -0.1) is 0 Å². The van der Waals surface area contributed by atoms with Gasteiger partial charge in [0.05, 0.1) is 13.2 Å². The highest BCUT2D eigenvalue weighted by molar-refractivity contribution is 7.89. The van der Waals surface area contributed by atoms with Crippen molar-refractivity contribution in [3.8, 4) is 5.88 Å². The van der Waals surface area contributed by atoms with Crippen molar-refractivity contribution in [3.63, 3.8) is 0 Å². The van der Waals surface area contributed by atoms with Crippen LogP contribution in [-0.4, -0.2) is 86.0 Å². The summed E-state index contributed by atoms with van der Waals surface area (Å²) in [5.41, 5.74) is 1.70. The Morgan fingerprint density at radius 2 is 1.74 bits per heavy atom. The molecule has 0 spiro atoms. The van der Waals surface area contributed by atoms with Gasteiger partial charge in [-0.05, 0) is 43.9 Å². The van der Waals surface area contributed by atoms with Gasteiger partial charge in [-0.25, -0.2) is 23.5 Å². The van der Waals surface area contributed by atoms with Gasteiger partial charge >= 0.3 is 0 Å². The Morgan fingerprint density at radius 3 is 2.33 bits per heavy atom. The van der Waals surface area contributed by atoms with Crippen LogP contribution in [0.1, 0.15) is 58.1 Å². The summed E-state index contributed by atoms with van der Waals surface area (Å²) < 4.78 is 34.5. The normalized spacial score (nSPS) is 25.0. The van der Waals surface area contributed by atoms with E-state index < -0.39 is 10.0 Å². The number of sulfonamides is 1. The van der Waals surface area contributed by atoms with Crippen molar-refractivity contribution in [1.82, 2.24) is 19.8 Å². The number of fused-ring (bicyclic) bond motifs is 1. The minimum absolute atomic E-state index is 0.0299. The van der Waals surface area contributed by atoms with E-state index in [2.05, 4.69) is 4.98 Å². The summed E-state index contributed by atoms with van der Waals surface area (Å²) in [6.07, 6.45) is 5.37. The molecule has 1 unspecified atom stereocenters. The van der Waals surface area contributed by atoms with Crippen LogP contribution in [0.4, 0.5) is 0 Å². The number of aromatic nitrogens is 2. The van der Waals surface area contributed by atoms with E-state index in [1.54, 1.807) is 11.0 Å². The van der Waals surface area contributed by atoms with Crippen molar-refractivity contribution in [2.24, 2.45) is 22.9 Å². The summed E-state index contributed by atoms with van der Waals surface area (Å²) in [5, 5.41) is 5.12. The van der Waals surface area contributed by atoms with Crippen LogP contribution in [0.3, 0.4) is 0 Å². The quantitative estimate of drug-likeness (QED) is 0.543. The molecular weight excluding hydrogens is 522 g/mol. The monoisotopic (exact) mass is 555 g/mol. The molecule has 208 valence electrons. The predicted molar refractivity (Wildman–Crippen MR) is 140 cm³/mol. The summed E-state index contributed by atoms with van der Waals surface area (Å²) in [6.45, 7) is 4.22. The number of nitrogens with two attached hydrogens (primary N) is 1. The number of nitrogens with zero attached hydrogens (tertiary/aromatic N) is 4. The molecule has 3 aliphatic heterocycles. The molecular formula is C27H33N5O6S. The van der Waals surface area contributed by atoms with E-state index >= 15 is 0 Å². The van der Waals surface area contributed by atoms with E-state index in [0.717, 1.165) is 44.2 Å². The van der Waals surface area contributed by atoms with E-state index in [1.807, 2.05) is 11.0 Å². The highest BCUT2D eigenvalue weighted by Crippen LogP contribution is 2.40. The van der Waals surface area contributed by atoms with Crippen LogP contribution in [0, 0.1) is 17.8 Å². The van der Waals surface area contributed by atoms with E-state index in [4.69, 9.17) is 19.6 Å². The molecule has 0 bridgehead atoms. The predicted octanol–water partition coefficient (Wildman–Crippen LogP) is 1.65. The summed E-state index contributed by atoms with van der Waals surface area (Å²) in [4.78, 5) is 38.7. The number of ether oxygens (including phenoxy) is 2. The second-order valence-electron chi connectivity index (χ2n) is 11.2. The molecule has 2 aromatic heterocycles. The molecule has 3 atom stereocenters. The summed E-state index contributed by atoms with van der Waals surface area (Å²) in [5.74, 6) is 1.31. The zero-order chi connectivity index (χ0) is 27.1. The summed E-state index contributed by atoms with van der Waals surface area (Å²) >= 11 is 0. The van der Waals surface area contributed by atoms with Crippen LogP contribution >= 0.6 is 0 Å². The fourth-order valence-corrected chi connectivity index (χ4v) is 6.26. The molecule has 2 N–H and O–H groups in total. The van der Waals surface area contributed by atoms with Gasteiger partial charge in [0.2, 0.25) is 15.9 Å². The SMILES string of the molecule is NS(=O)(=O)c1ccc(C(=O)N2C[C@@H]3CN(C(=O)c4cc(OCC5CCCOC5)nc(C5CC5)c4)C[C@H]3C2)nc1. The Balaban J connectivity index is 1.09. The first-order valence-corrected chi connectivity index (χ1v) is 15.1. The lowest BCUT2D eigenvalue weighted by Crippen LogP contribution is -2.36. The number of hydrogen-bond acceptors (Lipinski definition) is 8. The van der Waals surface area contributed by atoms with Gasteiger partial charge in [0.1, 0.15) is 10.6 Å². The molecule has 11 nitrogen and oxygen atoms in total. The second kappa shape index (κ2) is 10.5. The van der Waals surface area contributed by atoms with Gasteiger partial charge in [0.15, 0.2) is 0 Å². The van der Waals surface area contributed by atoms with Crippen LogP contribution in [0.2, 0.25) is 0 Å². The zero-order valence-corrected chi connectivity index (χ0v) is 22.5. The average Bonchev–Trinajstić information content (AvgIpc) is 3.61.